The van der Waals surface area contributed by atoms with Gasteiger partial charge in [-0.15, -0.1) is 11.8 Å². The number of amides is 1. The summed E-state index contributed by atoms with van der Waals surface area (Å²) in [5.41, 5.74) is 1.54. The lowest BCUT2D eigenvalue weighted by Gasteiger charge is -2.34. The van der Waals surface area contributed by atoms with Crippen molar-refractivity contribution >= 4 is 34.8 Å². The summed E-state index contributed by atoms with van der Waals surface area (Å²) in [5, 5.41) is 0.895. The topological polar surface area (TPSA) is 104 Å². The fraction of sp³-hybridized carbons (Fsp3) is 0.611. The second-order valence-corrected chi connectivity index (χ2v) is 7.63. The van der Waals surface area contributed by atoms with E-state index < -0.39 is 0 Å². The minimum atomic E-state index is -0.198. The van der Waals surface area contributed by atoms with Crippen molar-refractivity contribution < 1.29 is 14.3 Å². The Balaban J connectivity index is 1.31. The van der Waals surface area contributed by atoms with Gasteiger partial charge in [0.15, 0.2) is 5.65 Å². The van der Waals surface area contributed by atoms with Crippen molar-refractivity contribution in [2.24, 2.45) is 0 Å². The van der Waals surface area contributed by atoms with E-state index in [2.05, 4.69) is 19.9 Å². The molecule has 1 saturated heterocycles. The minimum absolute atomic E-state index is 0.193. The Labute approximate surface area is 168 Å². The highest BCUT2D eigenvalue weighted by Crippen LogP contribution is 2.23. The molecule has 0 unspecified atom stereocenters. The van der Waals surface area contributed by atoms with Crippen LogP contribution in [-0.2, 0) is 14.3 Å². The maximum Gasteiger partial charge on any atom is 0.320 e. The number of unbranched alkanes of at least 4 members (excludes halogenated alkanes) is 1. The molecule has 0 spiro atoms. The molecule has 0 saturated carbocycles. The van der Waals surface area contributed by atoms with Crippen LogP contribution in [0.4, 0.5) is 0 Å². The van der Waals surface area contributed by atoms with E-state index in [-0.39, 0.29) is 11.9 Å². The number of rotatable bonds is 9. The molecule has 2 aromatic rings. The summed E-state index contributed by atoms with van der Waals surface area (Å²) in [4.78, 5) is 43.4. The van der Waals surface area contributed by atoms with Gasteiger partial charge in [0.1, 0.15) is 16.9 Å². The Hall–Kier alpha value is -2.20. The lowest BCUT2D eigenvalue weighted by Crippen LogP contribution is -2.50. The van der Waals surface area contributed by atoms with E-state index in [0.717, 1.165) is 29.1 Å². The molecule has 1 aliphatic rings. The van der Waals surface area contributed by atoms with Crippen LogP contribution in [0.3, 0.4) is 0 Å². The SMILES string of the molecule is CCOC(=O)CN1CCN(C(=O)CCCCSc2ncnc3nc[nH]c23)CC1. The molecule has 28 heavy (non-hydrogen) atoms. The first-order chi connectivity index (χ1) is 13.7. The molecule has 152 valence electrons. The Bertz CT molecular complexity index is 790. The summed E-state index contributed by atoms with van der Waals surface area (Å²) in [5.74, 6) is 0.890. The predicted molar refractivity (Wildman–Crippen MR) is 106 cm³/mol. The average Bonchev–Trinajstić information content (AvgIpc) is 3.18. The van der Waals surface area contributed by atoms with Crippen LogP contribution in [0.25, 0.3) is 11.2 Å². The zero-order valence-electron chi connectivity index (χ0n) is 16.1. The predicted octanol–water partition coefficient (Wildman–Crippen LogP) is 1.32. The summed E-state index contributed by atoms with van der Waals surface area (Å²) in [6.45, 7) is 5.29. The van der Waals surface area contributed by atoms with Gasteiger partial charge in [-0.2, -0.15) is 0 Å². The van der Waals surface area contributed by atoms with Crippen LogP contribution < -0.4 is 0 Å². The lowest BCUT2D eigenvalue weighted by atomic mass is 10.2. The number of piperazine rings is 1. The minimum Gasteiger partial charge on any atom is -0.465 e. The third-order valence-electron chi connectivity index (χ3n) is 4.59. The number of thioether (sulfide) groups is 1. The summed E-state index contributed by atoms with van der Waals surface area (Å²) in [7, 11) is 0. The van der Waals surface area contributed by atoms with E-state index in [0.29, 0.717) is 51.4 Å². The van der Waals surface area contributed by atoms with Crippen LogP contribution in [0.5, 0.6) is 0 Å². The average molecular weight is 407 g/mol. The molecule has 10 heteroatoms. The van der Waals surface area contributed by atoms with Crippen molar-refractivity contribution in [3.05, 3.63) is 12.7 Å². The number of ether oxygens (including phenoxy) is 1. The zero-order valence-corrected chi connectivity index (χ0v) is 16.9. The maximum absolute atomic E-state index is 12.4. The largest absolute Gasteiger partial charge is 0.465 e. The molecule has 1 amide bonds. The summed E-state index contributed by atoms with van der Waals surface area (Å²) >= 11 is 1.65. The Kier molecular flexibility index (Phi) is 7.61. The number of nitrogens with one attached hydrogen (secondary N) is 1. The van der Waals surface area contributed by atoms with E-state index in [1.165, 1.54) is 6.33 Å². The first kappa shape index (κ1) is 20.5. The van der Waals surface area contributed by atoms with Crippen LogP contribution in [0.1, 0.15) is 26.2 Å². The smallest absolute Gasteiger partial charge is 0.320 e. The number of nitrogens with zero attached hydrogens (tertiary/aromatic N) is 5. The van der Waals surface area contributed by atoms with Gasteiger partial charge in [-0.1, -0.05) is 0 Å². The third kappa shape index (κ3) is 5.65. The summed E-state index contributed by atoms with van der Waals surface area (Å²) < 4.78 is 4.97. The van der Waals surface area contributed by atoms with E-state index in [4.69, 9.17) is 4.74 Å². The van der Waals surface area contributed by atoms with Crippen molar-refractivity contribution in [2.45, 2.75) is 31.2 Å². The van der Waals surface area contributed by atoms with Crippen LogP contribution in [0.2, 0.25) is 0 Å². The van der Waals surface area contributed by atoms with E-state index in [1.807, 2.05) is 9.80 Å². The molecule has 0 atom stereocenters. The normalized spacial score (nSPS) is 15.1. The van der Waals surface area contributed by atoms with Gasteiger partial charge < -0.3 is 14.6 Å². The molecular formula is C18H26N6O3S. The molecule has 3 heterocycles. The fourth-order valence-electron chi connectivity index (χ4n) is 3.10. The van der Waals surface area contributed by atoms with Crippen molar-refractivity contribution in [1.29, 1.82) is 0 Å². The van der Waals surface area contributed by atoms with E-state index in [1.54, 1.807) is 25.0 Å². The van der Waals surface area contributed by atoms with Gasteiger partial charge in [0.2, 0.25) is 5.91 Å². The zero-order chi connectivity index (χ0) is 19.8. The molecule has 1 fully saturated rings. The van der Waals surface area contributed by atoms with Crippen molar-refractivity contribution in [2.75, 3.05) is 45.1 Å². The molecular weight excluding hydrogens is 380 g/mol. The highest BCUT2D eigenvalue weighted by Gasteiger charge is 2.22. The second-order valence-electron chi connectivity index (χ2n) is 6.55. The molecule has 1 N–H and O–H groups in total. The number of fused-ring (bicyclic) bond motifs is 1. The highest BCUT2D eigenvalue weighted by molar-refractivity contribution is 7.99. The van der Waals surface area contributed by atoms with Gasteiger partial charge in [0, 0.05) is 32.6 Å². The number of H-pyrrole nitrogens is 1. The highest BCUT2D eigenvalue weighted by atomic mass is 32.2. The monoisotopic (exact) mass is 406 g/mol. The van der Waals surface area contributed by atoms with Gasteiger partial charge in [-0.25, -0.2) is 15.0 Å². The lowest BCUT2D eigenvalue weighted by molar-refractivity contribution is -0.145. The number of aromatic amines is 1. The fourth-order valence-corrected chi connectivity index (χ4v) is 4.06. The van der Waals surface area contributed by atoms with E-state index in [9.17, 15) is 9.59 Å². The van der Waals surface area contributed by atoms with Crippen LogP contribution in [-0.4, -0.2) is 86.7 Å². The number of hydrogen-bond acceptors (Lipinski definition) is 8. The molecule has 0 aromatic carbocycles. The quantitative estimate of drug-likeness (QED) is 0.288. The molecule has 1 aliphatic heterocycles. The molecule has 9 nitrogen and oxygen atoms in total. The molecule has 3 rings (SSSR count). The van der Waals surface area contributed by atoms with Gasteiger partial charge in [0.05, 0.1) is 19.5 Å². The van der Waals surface area contributed by atoms with Gasteiger partial charge in [0.25, 0.3) is 0 Å². The Morgan fingerprint density at radius 3 is 2.79 bits per heavy atom. The number of hydrogen-bond donors (Lipinski definition) is 1. The van der Waals surface area contributed by atoms with Gasteiger partial charge in [-0.3, -0.25) is 14.5 Å². The standard InChI is InChI=1S/C18H26N6O3S/c1-2-27-15(26)11-23-6-8-24(9-7-23)14(25)5-3-4-10-28-18-16-17(20-12-19-16)21-13-22-18/h12-13H,2-11H2,1H3,(H,19,20,21,22). The van der Waals surface area contributed by atoms with Gasteiger partial charge >= 0.3 is 5.97 Å². The number of carbonyl (C=O) groups is 2. The van der Waals surface area contributed by atoms with Crippen LogP contribution in [0.15, 0.2) is 17.7 Å². The molecule has 2 aromatic heterocycles. The van der Waals surface area contributed by atoms with E-state index >= 15 is 0 Å². The van der Waals surface area contributed by atoms with Crippen LogP contribution in [0, 0.1) is 0 Å². The molecule has 0 radical (unpaired) electrons. The van der Waals surface area contributed by atoms with Crippen molar-refractivity contribution in [3.8, 4) is 0 Å². The molecule has 0 aliphatic carbocycles. The Morgan fingerprint density at radius 1 is 1.18 bits per heavy atom. The Morgan fingerprint density at radius 2 is 2.00 bits per heavy atom. The summed E-state index contributed by atoms with van der Waals surface area (Å²) in [6, 6.07) is 0. The first-order valence-electron chi connectivity index (χ1n) is 9.60. The molecule has 0 bridgehead atoms. The second kappa shape index (κ2) is 10.4. The number of aromatic nitrogens is 4. The maximum atomic E-state index is 12.4. The number of esters is 1. The van der Waals surface area contributed by atoms with Gasteiger partial charge in [-0.05, 0) is 25.5 Å². The van der Waals surface area contributed by atoms with Crippen LogP contribution >= 0.6 is 11.8 Å². The number of carbonyl (C=O) groups excluding carboxylic acids is 2. The van der Waals surface area contributed by atoms with Crippen molar-refractivity contribution in [3.63, 3.8) is 0 Å². The third-order valence-corrected chi connectivity index (χ3v) is 5.67. The summed E-state index contributed by atoms with van der Waals surface area (Å²) in [6.07, 6.45) is 5.50. The van der Waals surface area contributed by atoms with Crippen molar-refractivity contribution in [1.82, 2.24) is 29.7 Å². The first-order valence-corrected chi connectivity index (χ1v) is 10.6. The number of imidazole rings is 1.